The van der Waals surface area contributed by atoms with Gasteiger partial charge in [0.25, 0.3) is 5.91 Å². The van der Waals surface area contributed by atoms with Crippen molar-refractivity contribution in [2.75, 3.05) is 31.6 Å². The van der Waals surface area contributed by atoms with Crippen LogP contribution in [0.4, 0.5) is 5.69 Å². The maximum absolute atomic E-state index is 12.8. The lowest BCUT2D eigenvalue weighted by Crippen LogP contribution is -2.41. The highest BCUT2D eigenvalue weighted by Gasteiger charge is 2.21. The first-order chi connectivity index (χ1) is 13.5. The molecule has 1 heterocycles. The van der Waals surface area contributed by atoms with Gasteiger partial charge in [-0.05, 0) is 42.7 Å². The molecule has 1 saturated heterocycles. The second-order valence-electron chi connectivity index (χ2n) is 6.64. The molecule has 28 heavy (non-hydrogen) atoms. The SMILES string of the molecule is Cc1c(NC(=O)CCc2cccc(Cl)c2Cl)cccc1C(=O)N1CCOCC1. The summed E-state index contributed by atoms with van der Waals surface area (Å²) >= 11 is 12.2. The molecular weight excluding hydrogens is 399 g/mol. The molecule has 5 nitrogen and oxygen atoms in total. The van der Waals surface area contributed by atoms with Gasteiger partial charge >= 0.3 is 0 Å². The summed E-state index contributed by atoms with van der Waals surface area (Å²) in [4.78, 5) is 27.0. The van der Waals surface area contributed by atoms with Crippen molar-refractivity contribution >= 4 is 40.7 Å². The molecule has 0 saturated carbocycles. The van der Waals surface area contributed by atoms with E-state index in [9.17, 15) is 9.59 Å². The van der Waals surface area contributed by atoms with E-state index in [0.29, 0.717) is 54.0 Å². The quantitative estimate of drug-likeness (QED) is 0.781. The molecule has 0 spiro atoms. The predicted octanol–water partition coefficient (Wildman–Crippen LogP) is 4.35. The molecule has 0 aromatic heterocycles. The molecule has 2 amide bonds. The number of hydrogen-bond donors (Lipinski definition) is 1. The van der Waals surface area contributed by atoms with Crippen LogP contribution in [0, 0.1) is 6.92 Å². The van der Waals surface area contributed by atoms with Gasteiger partial charge in [-0.15, -0.1) is 0 Å². The van der Waals surface area contributed by atoms with Crippen molar-refractivity contribution in [2.24, 2.45) is 0 Å². The summed E-state index contributed by atoms with van der Waals surface area (Å²) in [6.45, 7) is 4.10. The van der Waals surface area contributed by atoms with Gasteiger partial charge in [-0.25, -0.2) is 0 Å². The van der Waals surface area contributed by atoms with E-state index in [0.717, 1.165) is 11.1 Å². The van der Waals surface area contributed by atoms with Crippen LogP contribution in [-0.4, -0.2) is 43.0 Å². The van der Waals surface area contributed by atoms with Gasteiger partial charge in [0, 0.05) is 30.8 Å². The number of amides is 2. The Morgan fingerprint density at radius 1 is 1.11 bits per heavy atom. The Balaban J connectivity index is 1.66. The van der Waals surface area contributed by atoms with Gasteiger partial charge in [0.05, 0.1) is 23.3 Å². The van der Waals surface area contributed by atoms with Crippen molar-refractivity contribution in [3.05, 3.63) is 63.1 Å². The number of carbonyl (C=O) groups is 2. The number of ether oxygens (including phenoxy) is 1. The Morgan fingerprint density at radius 3 is 2.57 bits per heavy atom. The summed E-state index contributed by atoms with van der Waals surface area (Å²) in [5, 5.41) is 3.86. The largest absolute Gasteiger partial charge is 0.378 e. The summed E-state index contributed by atoms with van der Waals surface area (Å²) in [6, 6.07) is 10.8. The first kappa shape index (κ1) is 20.6. The molecule has 0 atom stereocenters. The lowest BCUT2D eigenvalue weighted by atomic mass is 10.0. The second kappa shape index (κ2) is 9.41. The van der Waals surface area contributed by atoms with Crippen LogP contribution in [0.3, 0.4) is 0 Å². The number of morpholine rings is 1. The molecule has 148 valence electrons. The third-order valence-electron chi connectivity index (χ3n) is 4.79. The lowest BCUT2D eigenvalue weighted by molar-refractivity contribution is -0.116. The van der Waals surface area contributed by atoms with E-state index in [1.54, 1.807) is 29.2 Å². The van der Waals surface area contributed by atoms with E-state index < -0.39 is 0 Å². The Kier molecular flexibility index (Phi) is 6.94. The zero-order valence-corrected chi connectivity index (χ0v) is 17.1. The van der Waals surface area contributed by atoms with Gasteiger partial charge in [0.2, 0.25) is 5.91 Å². The van der Waals surface area contributed by atoms with Gasteiger partial charge in [-0.1, -0.05) is 41.4 Å². The molecule has 1 fully saturated rings. The zero-order valence-electron chi connectivity index (χ0n) is 15.6. The number of halogens is 2. The minimum Gasteiger partial charge on any atom is -0.378 e. The maximum Gasteiger partial charge on any atom is 0.254 e. The van der Waals surface area contributed by atoms with Gasteiger partial charge < -0.3 is 15.0 Å². The standard InChI is InChI=1S/C21H22Cl2N2O3/c1-14-16(21(27)25-10-12-28-13-11-25)5-3-7-18(14)24-19(26)9-8-15-4-2-6-17(22)20(15)23/h2-7H,8-13H2,1H3,(H,24,26). The Hall–Kier alpha value is -2.08. The molecule has 2 aromatic carbocycles. The van der Waals surface area contributed by atoms with Crippen LogP contribution >= 0.6 is 23.2 Å². The summed E-state index contributed by atoms with van der Waals surface area (Å²) in [5.41, 5.74) is 2.82. The number of rotatable bonds is 5. The van der Waals surface area contributed by atoms with Crippen LogP contribution in [-0.2, 0) is 16.0 Å². The van der Waals surface area contributed by atoms with Crippen LogP contribution in [0.1, 0.15) is 27.9 Å². The fourth-order valence-electron chi connectivity index (χ4n) is 3.14. The second-order valence-corrected chi connectivity index (χ2v) is 7.43. The molecule has 1 N–H and O–H groups in total. The van der Waals surface area contributed by atoms with Gasteiger partial charge in [-0.2, -0.15) is 0 Å². The average Bonchev–Trinajstić information content (AvgIpc) is 2.71. The molecule has 0 aliphatic carbocycles. The molecule has 0 bridgehead atoms. The topological polar surface area (TPSA) is 58.6 Å². The fourth-order valence-corrected chi connectivity index (χ4v) is 3.56. The van der Waals surface area contributed by atoms with Crippen molar-refractivity contribution in [2.45, 2.75) is 19.8 Å². The van der Waals surface area contributed by atoms with Crippen LogP contribution in [0.5, 0.6) is 0 Å². The van der Waals surface area contributed by atoms with Crippen LogP contribution in [0.25, 0.3) is 0 Å². The number of carbonyl (C=O) groups excluding carboxylic acids is 2. The summed E-state index contributed by atoms with van der Waals surface area (Å²) in [5.74, 6) is -0.183. The Labute approximate surface area is 174 Å². The van der Waals surface area contributed by atoms with E-state index in [4.69, 9.17) is 27.9 Å². The molecule has 2 aromatic rings. The molecule has 7 heteroatoms. The van der Waals surface area contributed by atoms with Crippen molar-refractivity contribution < 1.29 is 14.3 Å². The van der Waals surface area contributed by atoms with Crippen molar-refractivity contribution in [1.82, 2.24) is 4.90 Å². The van der Waals surface area contributed by atoms with Crippen LogP contribution in [0.2, 0.25) is 10.0 Å². The monoisotopic (exact) mass is 420 g/mol. The van der Waals surface area contributed by atoms with Gasteiger partial charge in [0.1, 0.15) is 0 Å². The van der Waals surface area contributed by atoms with E-state index in [1.165, 1.54) is 0 Å². The highest BCUT2D eigenvalue weighted by Crippen LogP contribution is 2.27. The van der Waals surface area contributed by atoms with Crippen molar-refractivity contribution in [3.63, 3.8) is 0 Å². The average molecular weight is 421 g/mol. The molecule has 1 aliphatic heterocycles. The minimum atomic E-state index is -0.143. The highest BCUT2D eigenvalue weighted by atomic mass is 35.5. The first-order valence-electron chi connectivity index (χ1n) is 9.16. The molecule has 0 radical (unpaired) electrons. The third-order valence-corrected chi connectivity index (χ3v) is 5.65. The molecule has 1 aliphatic rings. The third kappa shape index (κ3) is 4.85. The maximum atomic E-state index is 12.8. The van der Waals surface area contributed by atoms with E-state index in [1.807, 2.05) is 19.1 Å². The van der Waals surface area contributed by atoms with Crippen molar-refractivity contribution in [1.29, 1.82) is 0 Å². The minimum absolute atomic E-state index is 0.0393. The first-order valence-corrected chi connectivity index (χ1v) is 9.92. The number of hydrogen-bond acceptors (Lipinski definition) is 3. The number of nitrogens with one attached hydrogen (secondary N) is 1. The highest BCUT2D eigenvalue weighted by molar-refractivity contribution is 6.42. The van der Waals surface area contributed by atoms with Gasteiger partial charge in [-0.3, -0.25) is 9.59 Å². The van der Waals surface area contributed by atoms with Crippen LogP contribution < -0.4 is 5.32 Å². The smallest absolute Gasteiger partial charge is 0.254 e. The Morgan fingerprint density at radius 2 is 1.82 bits per heavy atom. The number of anilines is 1. The Bertz CT molecular complexity index is 880. The fraction of sp³-hybridized carbons (Fsp3) is 0.333. The van der Waals surface area contributed by atoms with E-state index in [2.05, 4.69) is 5.32 Å². The van der Waals surface area contributed by atoms with Crippen LogP contribution in [0.15, 0.2) is 36.4 Å². The van der Waals surface area contributed by atoms with Crippen molar-refractivity contribution in [3.8, 4) is 0 Å². The lowest BCUT2D eigenvalue weighted by Gasteiger charge is -2.27. The number of nitrogens with zero attached hydrogens (tertiary/aromatic N) is 1. The predicted molar refractivity (Wildman–Crippen MR) is 111 cm³/mol. The van der Waals surface area contributed by atoms with Gasteiger partial charge in [0.15, 0.2) is 0 Å². The molecular formula is C21H22Cl2N2O3. The number of benzene rings is 2. The van der Waals surface area contributed by atoms with E-state index >= 15 is 0 Å². The zero-order chi connectivity index (χ0) is 20.1. The normalized spacial score (nSPS) is 14.0. The van der Waals surface area contributed by atoms with E-state index in [-0.39, 0.29) is 18.2 Å². The summed E-state index contributed by atoms with van der Waals surface area (Å²) < 4.78 is 5.30. The molecule has 3 rings (SSSR count). The summed E-state index contributed by atoms with van der Waals surface area (Å²) in [7, 11) is 0. The number of aryl methyl sites for hydroxylation is 1. The molecule has 0 unspecified atom stereocenters. The summed E-state index contributed by atoms with van der Waals surface area (Å²) in [6.07, 6.45) is 0.748.